The van der Waals surface area contributed by atoms with Gasteiger partial charge in [-0.05, 0) is 32.2 Å². The van der Waals surface area contributed by atoms with E-state index in [-0.39, 0.29) is 0 Å². The molecule has 0 fully saturated rings. The topological polar surface area (TPSA) is 39.7 Å². The molecule has 0 radical (unpaired) electrons. The Hall–Kier alpha value is -0.780. The fourth-order valence-electron chi connectivity index (χ4n) is 2.08. The Balaban J connectivity index is 2.08. The number of fused-ring (bicyclic) bond motifs is 1. The van der Waals surface area contributed by atoms with Crippen molar-refractivity contribution < 1.29 is 14.2 Å². The molecule has 0 saturated carbocycles. The molecule has 4 nitrogen and oxygen atoms in total. The summed E-state index contributed by atoms with van der Waals surface area (Å²) in [6, 6.07) is 5.83. The fourth-order valence-corrected chi connectivity index (χ4v) is 2.42. The van der Waals surface area contributed by atoms with Crippen molar-refractivity contribution in [2.24, 2.45) is 0 Å². The molecule has 2 rings (SSSR count). The molecular weight excluding hydrogens is 310 g/mol. The van der Waals surface area contributed by atoms with Gasteiger partial charge in [-0.1, -0.05) is 15.9 Å². The van der Waals surface area contributed by atoms with Gasteiger partial charge < -0.3 is 19.5 Å². The number of ether oxygens (including phenoxy) is 3. The second-order valence-electron chi connectivity index (χ2n) is 4.51. The van der Waals surface area contributed by atoms with Gasteiger partial charge in [0.1, 0.15) is 0 Å². The molecule has 0 spiro atoms. The molecule has 0 aromatic heterocycles. The van der Waals surface area contributed by atoms with Crippen LogP contribution >= 0.6 is 15.9 Å². The molecule has 0 aliphatic carbocycles. The standard InChI is InChI=1S/C14H20BrNO3/c1-3-17-9-7-14(6-8-16-2)18-12-5-4-11(15)10-13(12)19-14/h4-5,10,16H,3,6-9H2,1-2H3. The van der Waals surface area contributed by atoms with Crippen molar-refractivity contribution in [1.82, 2.24) is 5.32 Å². The van der Waals surface area contributed by atoms with Crippen LogP contribution in [-0.4, -0.2) is 32.6 Å². The minimum absolute atomic E-state index is 0.610. The normalized spacial score (nSPS) is 20.8. The number of hydrogen-bond acceptors (Lipinski definition) is 4. The molecule has 1 unspecified atom stereocenters. The molecule has 19 heavy (non-hydrogen) atoms. The molecule has 0 bridgehead atoms. The van der Waals surface area contributed by atoms with E-state index >= 15 is 0 Å². The Morgan fingerprint density at radius 2 is 2.05 bits per heavy atom. The molecule has 1 aromatic rings. The van der Waals surface area contributed by atoms with Gasteiger partial charge in [0.2, 0.25) is 0 Å². The third-order valence-electron chi connectivity index (χ3n) is 3.09. The van der Waals surface area contributed by atoms with E-state index in [0.29, 0.717) is 13.2 Å². The molecule has 5 heteroatoms. The van der Waals surface area contributed by atoms with Crippen molar-refractivity contribution in [3.05, 3.63) is 22.7 Å². The van der Waals surface area contributed by atoms with Crippen LogP contribution in [0.5, 0.6) is 11.5 Å². The SMILES string of the molecule is CCOCCC1(CCNC)Oc2ccc(Br)cc2O1. The molecule has 0 amide bonds. The van der Waals surface area contributed by atoms with Gasteiger partial charge in [0.05, 0.1) is 6.61 Å². The summed E-state index contributed by atoms with van der Waals surface area (Å²) >= 11 is 3.45. The second-order valence-corrected chi connectivity index (χ2v) is 5.42. The highest BCUT2D eigenvalue weighted by Crippen LogP contribution is 2.43. The lowest BCUT2D eigenvalue weighted by atomic mass is 10.1. The zero-order chi connectivity index (χ0) is 13.7. The van der Waals surface area contributed by atoms with Crippen LogP contribution in [0.3, 0.4) is 0 Å². The molecular formula is C14H20BrNO3. The maximum atomic E-state index is 6.05. The summed E-state index contributed by atoms with van der Waals surface area (Å²) in [5.41, 5.74) is 0. The Morgan fingerprint density at radius 3 is 2.79 bits per heavy atom. The lowest BCUT2D eigenvalue weighted by Crippen LogP contribution is -2.42. The molecule has 1 atom stereocenters. The average molecular weight is 330 g/mol. The molecule has 1 aromatic carbocycles. The van der Waals surface area contributed by atoms with E-state index in [9.17, 15) is 0 Å². The van der Waals surface area contributed by atoms with Crippen molar-refractivity contribution >= 4 is 15.9 Å². The first-order valence-corrected chi connectivity index (χ1v) is 7.38. The third-order valence-corrected chi connectivity index (χ3v) is 3.58. The van der Waals surface area contributed by atoms with E-state index in [2.05, 4.69) is 21.2 Å². The summed E-state index contributed by atoms with van der Waals surface area (Å²) in [4.78, 5) is 0. The van der Waals surface area contributed by atoms with Gasteiger partial charge in [-0.25, -0.2) is 0 Å². The van der Waals surface area contributed by atoms with Crippen LogP contribution in [0.2, 0.25) is 0 Å². The summed E-state index contributed by atoms with van der Waals surface area (Å²) in [6.07, 6.45) is 1.50. The van der Waals surface area contributed by atoms with Crippen LogP contribution in [0.25, 0.3) is 0 Å². The molecule has 0 saturated heterocycles. The van der Waals surface area contributed by atoms with Crippen LogP contribution in [0.1, 0.15) is 19.8 Å². The van der Waals surface area contributed by atoms with Gasteiger partial charge >= 0.3 is 0 Å². The summed E-state index contributed by atoms with van der Waals surface area (Å²) in [7, 11) is 1.93. The van der Waals surface area contributed by atoms with Crippen molar-refractivity contribution in [2.45, 2.75) is 25.6 Å². The van der Waals surface area contributed by atoms with E-state index in [0.717, 1.165) is 35.4 Å². The summed E-state index contributed by atoms with van der Waals surface area (Å²) < 4.78 is 18.5. The van der Waals surface area contributed by atoms with Crippen molar-refractivity contribution in [2.75, 3.05) is 26.8 Å². The van der Waals surface area contributed by atoms with Gasteiger partial charge in [-0.3, -0.25) is 0 Å². The number of benzene rings is 1. The smallest absolute Gasteiger partial charge is 0.255 e. The monoisotopic (exact) mass is 329 g/mol. The lowest BCUT2D eigenvalue weighted by molar-refractivity contribution is -0.104. The number of rotatable bonds is 7. The number of hydrogen-bond donors (Lipinski definition) is 1. The van der Waals surface area contributed by atoms with Crippen LogP contribution in [0.4, 0.5) is 0 Å². The van der Waals surface area contributed by atoms with E-state index in [1.807, 2.05) is 32.2 Å². The van der Waals surface area contributed by atoms with Crippen LogP contribution in [0.15, 0.2) is 22.7 Å². The Kier molecular flexibility index (Phi) is 5.07. The average Bonchev–Trinajstić information content (AvgIpc) is 2.75. The van der Waals surface area contributed by atoms with Gasteiger partial charge in [-0.15, -0.1) is 0 Å². The third kappa shape index (κ3) is 3.61. The molecule has 1 N–H and O–H groups in total. The summed E-state index contributed by atoms with van der Waals surface area (Å²) in [5.74, 6) is 0.985. The number of nitrogens with one attached hydrogen (secondary N) is 1. The van der Waals surface area contributed by atoms with E-state index in [4.69, 9.17) is 14.2 Å². The highest BCUT2D eigenvalue weighted by atomic mass is 79.9. The predicted octanol–water partition coefficient (Wildman–Crippen LogP) is 2.95. The van der Waals surface area contributed by atoms with Crippen molar-refractivity contribution in [3.63, 3.8) is 0 Å². The maximum Gasteiger partial charge on any atom is 0.255 e. The minimum Gasteiger partial charge on any atom is -0.448 e. The van der Waals surface area contributed by atoms with Crippen LogP contribution in [0, 0.1) is 0 Å². The zero-order valence-electron chi connectivity index (χ0n) is 11.4. The van der Waals surface area contributed by atoms with E-state index < -0.39 is 5.79 Å². The van der Waals surface area contributed by atoms with Gasteiger partial charge in [0.15, 0.2) is 11.5 Å². The quantitative estimate of drug-likeness (QED) is 0.781. The Bertz CT molecular complexity index is 427. The highest BCUT2D eigenvalue weighted by Gasteiger charge is 2.40. The number of halogens is 1. The molecule has 1 aliphatic rings. The highest BCUT2D eigenvalue weighted by molar-refractivity contribution is 9.10. The Morgan fingerprint density at radius 1 is 1.26 bits per heavy atom. The first kappa shape index (κ1) is 14.6. The molecule has 1 heterocycles. The second kappa shape index (κ2) is 6.59. The van der Waals surface area contributed by atoms with Crippen LogP contribution < -0.4 is 14.8 Å². The minimum atomic E-state index is -0.610. The molecule has 106 valence electrons. The maximum absolute atomic E-state index is 6.05. The summed E-state index contributed by atoms with van der Waals surface area (Å²) in [5, 5.41) is 3.14. The van der Waals surface area contributed by atoms with Gasteiger partial charge in [0, 0.05) is 30.5 Å². The fraction of sp³-hybridized carbons (Fsp3) is 0.571. The van der Waals surface area contributed by atoms with E-state index in [1.165, 1.54) is 0 Å². The van der Waals surface area contributed by atoms with Gasteiger partial charge in [0.25, 0.3) is 5.79 Å². The van der Waals surface area contributed by atoms with Crippen LogP contribution in [-0.2, 0) is 4.74 Å². The predicted molar refractivity (Wildman–Crippen MR) is 77.8 cm³/mol. The first-order chi connectivity index (χ1) is 9.19. The summed E-state index contributed by atoms with van der Waals surface area (Å²) in [6.45, 7) is 4.17. The van der Waals surface area contributed by atoms with E-state index in [1.54, 1.807) is 0 Å². The molecule has 1 aliphatic heterocycles. The van der Waals surface area contributed by atoms with Crippen molar-refractivity contribution in [1.29, 1.82) is 0 Å². The Labute approximate surface area is 122 Å². The zero-order valence-corrected chi connectivity index (χ0v) is 13.0. The first-order valence-electron chi connectivity index (χ1n) is 6.59. The largest absolute Gasteiger partial charge is 0.448 e. The van der Waals surface area contributed by atoms with Gasteiger partial charge in [-0.2, -0.15) is 0 Å². The lowest BCUT2D eigenvalue weighted by Gasteiger charge is -2.27. The van der Waals surface area contributed by atoms with Crippen molar-refractivity contribution in [3.8, 4) is 11.5 Å².